The highest BCUT2D eigenvalue weighted by Crippen LogP contribution is 2.38. The van der Waals surface area contributed by atoms with Crippen molar-refractivity contribution in [3.63, 3.8) is 0 Å². The van der Waals surface area contributed by atoms with E-state index in [9.17, 15) is 62.3 Å². The molecule has 26 nitrogen and oxygen atoms in total. The minimum Gasteiger partial charge on any atom is -0.369 e. The van der Waals surface area contributed by atoms with Gasteiger partial charge in [0.05, 0.1) is 65.1 Å². The monoisotopic (exact) mass is 1410 g/mol. The van der Waals surface area contributed by atoms with Crippen molar-refractivity contribution >= 4 is 76.8 Å². The second-order valence-corrected chi connectivity index (χ2v) is 32.9. The van der Waals surface area contributed by atoms with E-state index < -0.39 is 107 Å². The smallest absolute Gasteiger partial charge is 0.225 e. The number of carbonyl (C=O) groups excluding carboxylic acids is 13. The Morgan fingerprint density at radius 2 is 0.455 bits per heavy atom. The van der Waals surface area contributed by atoms with Gasteiger partial charge in [-0.3, -0.25) is 62.3 Å². The third kappa shape index (κ3) is 18.7. The van der Waals surface area contributed by atoms with Crippen LogP contribution in [0.15, 0.2) is 0 Å². The molecule has 560 valence electrons. The zero-order chi connectivity index (χ0) is 71.6. The summed E-state index contributed by atoms with van der Waals surface area (Å²) >= 11 is 0. The van der Waals surface area contributed by atoms with Gasteiger partial charge < -0.3 is 69.5 Å². The lowest BCUT2D eigenvalue weighted by atomic mass is 9.95. The Bertz CT molecular complexity index is 3060. The maximum absolute atomic E-state index is 14.3. The Hall–Kier alpha value is -6.89. The van der Waals surface area contributed by atoms with E-state index in [1.807, 2.05) is 13.8 Å². The van der Waals surface area contributed by atoms with E-state index >= 15 is 0 Å². The highest BCUT2D eigenvalue weighted by molar-refractivity contribution is 5.90. The maximum Gasteiger partial charge on any atom is 0.225 e. The van der Waals surface area contributed by atoms with Crippen molar-refractivity contribution in [2.24, 2.45) is 76.7 Å². The first-order valence-corrected chi connectivity index (χ1v) is 39.5. The molecular weight excluding hydrogens is 1290 g/mol. The van der Waals surface area contributed by atoms with Crippen LogP contribution >= 0.6 is 0 Å². The molecule has 0 aromatic carbocycles. The summed E-state index contributed by atoms with van der Waals surface area (Å²) in [6, 6.07) is -4.55. The van der Waals surface area contributed by atoms with Crippen LogP contribution in [0, 0.1) is 71.0 Å². The number of primary amides is 1. The number of hydrogen-bond donors (Lipinski definition) is 13. The van der Waals surface area contributed by atoms with Gasteiger partial charge >= 0.3 is 0 Å². The molecule has 26 heteroatoms. The van der Waals surface area contributed by atoms with Crippen LogP contribution in [0.5, 0.6) is 0 Å². The van der Waals surface area contributed by atoms with Crippen LogP contribution in [-0.2, 0) is 62.3 Å². The van der Waals surface area contributed by atoms with Crippen molar-refractivity contribution in [2.45, 2.75) is 318 Å². The van der Waals surface area contributed by atoms with Gasteiger partial charge in [0.1, 0.15) is 0 Å². The van der Waals surface area contributed by atoms with Gasteiger partial charge in [0.15, 0.2) is 0 Å². The van der Waals surface area contributed by atoms with E-state index in [0.717, 1.165) is 77.0 Å². The third-order valence-corrected chi connectivity index (χ3v) is 25.6. The Morgan fingerprint density at radius 1 is 0.267 bits per heavy atom. The SMILES string of the molecule is CC(=O)N[C@H]1CCC[C@@H]1C(=O)N[C@H]1CCC[C@@H]1C(=O)N[C@H]1CCC[C@@H]1C(=O)N[C@H]1CCC[C@@H]1C(=O)N[C@H]1CCC[C@@H]1C(=O)N[C@H]1CCC[C@@H]1C(=O)N[C@H]1CCC[C@@H]1C(=O)N[C@H]1CCC[C@@H]1C(=O)N[C@H](CC(=O)N[C@H]1CCC[C@@H]1C(=O)N[C@H]1CCC[C@@H]1C(=O)N[C@H]1CCC[C@@H]1C(N)=O)CC(C)C. The molecule has 0 aromatic heterocycles. The van der Waals surface area contributed by atoms with Crippen LogP contribution in [0.2, 0.25) is 0 Å². The van der Waals surface area contributed by atoms with Gasteiger partial charge in [0, 0.05) is 85.8 Å². The van der Waals surface area contributed by atoms with E-state index in [-0.39, 0.29) is 119 Å². The Balaban J connectivity index is 0.606. The van der Waals surface area contributed by atoms with Crippen LogP contribution in [0.25, 0.3) is 0 Å². The van der Waals surface area contributed by atoms with E-state index in [0.29, 0.717) is 141 Å². The van der Waals surface area contributed by atoms with Gasteiger partial charge in [-0.05, 0) is 154 Å². The third-order valence-electron chi connectivity index (χ3n) is 25.6. The Labute approximate surface area is 595 Å². The average Bonchev–Trinajstić information content (AvgIpc) is 1.70. The second kappa shape index (κ2) is 34.6. The Morgan fingerprint density at radius 3 is 0.663 bits per heavy atom. The number of nitrogens with one attached hydrogen (secondary N) is 12. The zero-order valence-electron chi connectivity index (χ0n) is 60.0. The fraction of sp³-hybridized carbons (Fsp3) is 0.827. The first-order chi connectivity index (χ1) is 48.6. The van der Waals surface area contributed by atoms with Crippen molar-refractivity contribution in [3.8, 4) is 0 Å². The number of nitrogens with two attached hydrogens (primary N) is 1. The first-order valence-electron chi connectivity index (χ1n) is 39.5. The molecule has 11 rings (SSSR count). The number of amides is 13. The molecule has 0 aromatic rings. The molecule has 0 unspecified atom stereocenters. The van der Waals surface area contributed by atoms with E-state index in [1.165, 1.54) is 6.92 Å². The minimum absolute atomic E-state index is 0.0180. The molecule has 101 heavy (non-hydrogen) atoms. The van der Waals surface area contributed by atoms with E-state index in [4.69, 9.17) is 5.73 Å². The van der Waals surface area contributed by atoms with Crippen LogP contribution in [0.4, 0.5) is 0 Å². The summed E-state index contributed by atoms with van der Waals surface area (Å²) in [7, 11) is 0. The molecule has 0 bridgehead atoms. The average molecular weight is 1410 g/mol. The Kier molecular flexibility index (Phi) is 25.8. The number of rotatable bonds is 27. The van der Waals surface area contributed by atoms with Crippen molar-refractivity contribution in [2.75, 3.05) is 0 Å². The van der Waals surface area contributed by atoms with Crippen LogP contribution < -0.4 is 69.5 Å². The lowest BCUT2D eigenvalue weighted by Crippen LogP contribution is -2.54. The maximum atomic E-state index is 14.3. The van der Waals surface area contributed by atoms with Crippen LogP contribution in [-0.4, -0.2) is 149 Å². The van der Waals surface area contributed by atoms with Crippen LogP contribution in [0.3, 0.4) is 0 Å². The van der Waals surface area contributed by atoms with Crippen molar-refractivity contribution in [3.05, 3.63) is 0 Å². The summed E-state index contributed by atoms with van der Waals surface area (Å²) in [6.45, 7) is 5.51. The molecule has 11 fully saturated rings. The van der Waals surface area contributed by atoms with Gasteiger partial charge in [-0.2, -0.15) is 0 Å². The van der Waals surface area contributed by atoms with Gasteiger partial charge in [-0.15, -0.1) is 0 Å². The molecule has 23 atom stereocenters. The van der Waals surface area contributed by atoms with E-state index in [2.05, 4.69) is 63.8 Å². The number of hydrogen-bond acceptors (Lipinski definition) is 13. The van der Waals surface area contributed by atoms with Gasteiger partial charge in [-0.25, -0.2) is 0 Å². The lowest BCUT2D eigenvalue weighted by Gasteiger charge is -2.29. The molecular formula is C75H117N13O13. The lowest BCUT2D eigenvalue weighted by molar-refractivity contribution is -0.132. The first kappa shape index (κ1) is 75.3. The van der Waals surface area contributed by atoms with Crippen LogP contribution in [0.1, 0.15) is 245 Å². The summed E-state index contributed by atoms with van der Waals surface area (Å²) in [4.78, 5) is 178. The molecule has 11 saturated carbocycles. The van der Waals surface area contributed by atoms with Gasteiger partial charge in [0.25, 0.3) is 0 Å². The highest BCUT2D eigenvalue weighted by atomic mass is 16.2. The molecule has 0 saturated heterocycles. The summed E-state index contributed by atoms with van der Waals surface area (Å²) in [6.07, 6.45) is 22.7. The standard InChI is InChI=1S/C75H117N13O13/c1-39(2)37-41(38-64(90)79-55-28-6-17-44(55)68(94)83-57-30-8-19-46(57)69(95)80-53-26-4-15-42(53)65(76)91)78-66(92)45-18-7-29-56(45)81-70(96)48-21-10-32-59(48)84-72(98)50-23-12-34-61(50)86-74(100)52-25-14-36-63(52)88-75(101)51-24-13-35-62(51)87-73(99)49-22-11-33-60(49)85-71(97)47-20-9-31-58(47)82-67(93)43-16-5-27-54(43)77-40(3)89/h39,41-63H,4-38H2,1-3H3,(H2,76,91)(H,77,89)(H,78,92)(H,79,90)(H,80,95)(H,81,96)(H,82,93)(H,83,94)(H,84,98)(H,85,97)(H,86,100)(H,87,99)(H,88,101)/t41-,42-,43-,44-,45-,46-,47-,48-,49-,50-,51-,52-,53-,54-,55-,56-,57-,58-,59-,60-,61-,62-,63-/m0/s1. The predicted octanol–water partition coefficient (Wildman–Crippen LogP) is 3.55. The largest absolute Gasteiger partial charge is 0.369 e. The quantitative estimate of drug-likeness (QED) is 0.0560. The molecule has 0 radical (unpaired) electrons. The van der Waals surface area contributed by atoms with Gasteiger partial charge in [-0.1, -0.05) is 84.5 Å². The predicted molar refractivity (Wildman–Crippen MR) is 373 cm³/mol. The molecule has 0 spiro atoms. The van der Waals surface area contributed by atoms with Crippen molar-refractivity contribution in [1.29, 1.82) is 0 Å². The van der Waals surface area contributed by atoms with Gasteiger partial charge in [0.2, 0.25) is 76.8 Å². The molecule has 13 amide bonds. The normalized spacial score (nSPS) is 36.0. The second-order valence-electron chi connectivity index (χ2n) is 32.9. The minimum atomic E-state index is -0.517. The van der Waals surface area contributed by atoms with Crippen molar-refractivity contribution in [1.82, 2.24) is 63.8 Å². The molecule has 0 aliphatic heterocycles. The zero-order valence-corrected chi connectivity index (χ0v) is 60.0. The summed E-state index contributed by atoms with van der Waals surface area (Å²) in [5.74, 6) is -7.58. The summed E-state index contributed by atoms with van der Waals surface area (Å²) < 4.78 is 0. The summed E-state index contributed by atoms with van der Waals surface area (Å²) in [5.41, 5.74) is 5.62. The number of carbonyl (C=O) groups is 13. The fourth-order valence-corrected chi connectivity index (χ4v) is 20.4. The van der Waals surface area contributed by atoms with E-state index in [1.54, 1.807) is 0 Å². The van der Waals surface area contributed by atoms with Crippen molar-refractivity contribution < 1.29 is 62.3 Å². The highest BCUT2D eigenvalue weighted by Gasteiger charge is 2.48. The topological polar surface area (TPSA) is 392 Å². The molecule has 11 aliphatic rings. The molecule has 0 heterocycles. The summed E-state index contributed by atoms with van der Waals surface area (Å²) in [5, 5.41) is 37.8. The fourth-order valence-electron chi connectivity index (χ4n) is 20.4. The molecule has 14 N–H and O–H groups in total. The molecule has 11 aliphatic carbocycles.